The zero-order valence-corrected chi connectivity index (χ0v) is 17.3. The number of hydrogen-bond acceptors (Lipinski definition) is 4. The molecule has 0 aromatic heterocycles. The molecule has 1 aliphatic heterocycles. The van der Waals surface area contributed by atoms with Crippen molar-refractivity contribution in [1.29, 1.82) is 0 Å². The lowest BCUT2D eigenvalue weighted by Crippen LogP contribution is -2.42. The number of esters is 1. The molecule has 1 saturated heterocycles. The van der Waals surface area contributed by atoms with E-state index in [1.54, 1.807) is 24.3 Å². The van der Waals surface area contributed by atoms with E-state index in [4.69, 9.17) is 4.74 Å². The zero-order valence-electron chi connectivity index (χ0n) is 15.7. The van der Waals surface area contributed by atoms with Crippen molar-refractivity contribution in [3.8, 4) is 0 Å². The number of carbonyl (C=O) groups is 2. The molecule has 29 heavy (non-hydrogen) atoms. The number of rotatable bonds is 7. The topological polar surface area (TPSA) is 55.8 Å². The molecule has 1 amide bonds. The van der Waals surface area contributed by atoms with Crippen LogP contribution in [0.3, 0.4) is 0 Å². The second-order valence-electron chi connectivity index (χ2n) is 6.81. The molecule has 1 fully saturated rings. The first kappa shape index (κ1) is 21.2. The van der Waals surface area contributed by atoms with Gasteiger partial charge in [-0.2, -0.15) is 8.78 Å². The van der Waals surface area contributed by atoms with Gasteiger partial charge in [0.15, 0.2) is 5.60 Å². The van der Waals surface area contributed by atoms with Crippen LogP contribution < -0.4 is 0 Å². The highest BCUT2D eigenvalue weighted by atomic mass is 79.9. The molecule has 3 rings (SSSR count). The van der Waals surface area contributed by atoms with E-state index in [0.29, 0.717) is 5.56 Å². The predicted molar refractivity (Wildman–Crippen MR) is 105 cm³/mol. The first-order valence-corrected chi connectivity index (χ1v) is 9.88. The molecule has 0 saturated carbocycles. The number of benzene rings is 2. The molecule has 0 spiro atoms. The van der Waals surface area contributed by atoms with E-state index in [9.17, 15) is 18.4 Å². The molecule has 154 valence electrons. The molecule has 2 aromatic rings. The maximum absolute atomic E-state index is 14.7. The van der Waals surface area contributed by atoms with Crippen molar-refractivity contribution in [3.63, 3.8) is 0 Å². The third-order valence-electron chi connectivity index (χ3n) is 4.66. The van der Waals surface area contributed by atoms with Crippen molar-refractivity contribution in [2.45, 2.75) is 31.4 Å². The van der Waals surface area contributed by atoms with E-state index in [1.807, 2.05) is 30.3 Å². The standard InChI is InChI=1S/C21H20BrF2NO4/c1-2-28-18(26)21(23,24)13-20(16-8-10-17(22)11-9-16)14-25(19(27)29-20)12-15-6-4-3-5-7-15/h3-11H,2,12-14H2,1H3. The fourth-order valence-electron chi connectivity index (χ4n) is 3.33. The van der Waals surface area contributed by atoms with E-state index < -0.39 is 30.0 Å². The lowest BCUT2D eigenvalue weighted by atomic mass is 9.87. The Morgan fingerprint density at radius 3 is 2.48 bits per heavy atom. The van der Waals surface area contributed by atoms with Crippen LogP contribution in [0.2, 0.25) is 0 Å². The summed E-state index contributed by atoms with van der Waals surface area (Å²) in [5.41, 5.74) is -0.454. The summed E-state index contributed by atoms with van der Waals surface area (Å²) in [6.07, 6.45) is -1.71. The van der Waals surface area contributed by atoms with Crippen molar-refractivity contribution < 1.29 is 27.8 Å². The fraction of sp³-hybridized carbons (Fsp3) is 0.333. The number of nitrogens with zero attached hydrogens (tertiary/aromatic N) is 1. The summed E-state index contributed by atoms with van der Waals surface area (Å²) in [6.45, 7) is 1.38. The molecule has 1 unspecified atom stereocenters. The second kappa shape index (κ2) is 8.49. The van der Waals surface area contributed by atoms with E-state index in [0.717, 1.165) is 10.0 Å². The average molecular weight is 468 g/mol. The van der Waals surface area contributed by atoms with Crippen LogP contribution in [0.25, 0.3) is 0 Å². The van der Waals surface area contributed by atoms with Crippen molar-refractivity contribution in [2.75, 3.05) is 13.2 Å². The Morgan fingerprint density at radius 1 is 1.21 bits per heavy atom. The summed E-state index contributed by atoms with van der Waals surface area (Å²) in [4.78, 5) is 25.7. The fourth-order valence-corrected chi connectivity index (χ4v) is 3.59. The minimum Gasteiger partial charge on any atom is -0.462 e. The SMILES string of the molecule is CCOC(=O)C(F)(F)CC1(c2ccc(Br)cc2)CN(Cc2ccccc2)C(=O)O1. The summed E-state index contributed by atoms with van der Waals surface area (Å²) in [5, 5.41) is 0. The molecule has 1 heterocycles. The number of amides is 1. The van der Waals surface area contributed by atoms with E-state index in [-0.39, 0.29) is 19.7 Å². The van der Waals surface area contributed by atoms with Crippen molar-refractivity contribution >= 4 is 28.0 Å². The Bertz CT molecular complexity index is 876. The maximum Gasteiger partial charge on any atom is 0.411 e. The van der Waals surface area contributed by atoms with Crippen LogP contribution in [0.1, 0.15) is 24.5 Å². The zero-order chi connectivity index (χ0) is 21.1. The molecule has 5 nitrogen and oxygen atoms in total. The maximum atomic E-state index is 14.7. The Balaban J connectivity index is 1.93. The molecule has 1 aliphatic rings. The highest BCUT2D eigenvalue weighted by molar-refractivity contribution is 9.10. The monoisotopic (exact) mass is 467 g/mol. The number of carbonyl (C=O) groups excluding carboxylic acids is 2. The van der Waals surface area contributed by atoms with Crippen LogP contribution >= 0.6 is 15.9 Å². The average Bonchev–Trinajstić information content (AvgIpc) is 2.98. The van der Waals surface area contributed by atoms with E-state index >= 15 is 0 Å². The summed E-state index contributed by atoms with van der Waals surface area (Å²) >= 11 is 3.30. The van der Waals surface area contributed by atoms with Gasteiger partial charge >= 0.3 is 18.0 Å². The molecule has 0 bridgehead atoms. The largest absolute Gasteiger partial charge is 0.462 e. The third-order valence-corrected chi connectivity index (χ3v) is 5.18. The van der Waals surface area contributed by atoms with Crippen LogP contribution in [-0.4, -0.2) is 36.0 Å². The van der Waals surface area contributed by atoms with Crippen molar-refractivity contribution in [3.05, 3.63) is 70.2 Å². The molecule has 2 aromatic carbocycles. The lowest BCUT2D eigenvalue weighted by molar-refractivity contribution is -0.179. The first-order valence-electron chi connectivity index (χ1n) is 9.09. The number of ether oxygens (including phenoxy) is 2. The Hall–Kier alpha value is -2.48. The van der Waals surface area contributed by atoms with Gasteiger partial charge in [0.25, 0.3) is 0 Å². The van der Waals surface area contributed by atoms with Crippen molar-refractivity contribution in [2.24, 2.45) is 0 Å². The van der Waals surface area contributed by atoms with Gasteiger partial charge in [0.05, 0.1) is 19.6 Å². The van der Waals surface area contributed by atoms with Gasteiger partial charge in [-0.15, -0.1) is 0 Å². The highest BCUT2D eigenvalue weighted by Crippen LogP contribution is 2.43. The molecule has 0 aliphatic carbocycles. The lowest BCUT2D eigenvalue weighted by Gasteiger charge is -2.30. The van der Waals surface area contributed by atoms with Crippen molar-refractivity contribution in [1.82, 2.24) is 4.90 Å². The summed E-state index contributed by atoms with van der Waals surface area (Å²) in [7, 11) is 0. The second-order valence-corrected chi connectivity index (χ2v) is 7.73. The number of hydrogen-bond donors (Lipinski definition) is 0. The molecule has 1 atom stereocenters. The van der Waals surface area contributed by atoms with Crippen LogP contribution in [0.5, 0.6) is 0 Å². The number of alkyl halides is 2. The molecular formula is C21H20BrF2NO4. The molecule has 8 heteroatoms. The van der Waals surface area contributed by atoms with Gasteiger partial charge in [0.1, 0.15) is 0 Å². The quantitative estimate of drug-likeness (QED) is 0.544. The summed E-state index contributed by atoms with van der Waals surface area (Å²) in [5.74, 6) is -5.44. The Morgan fingerprint density at radius 2 is 1.86 bits per heavy atom. The highest BCUT2D eigenvalue weighted by Gasteiger charge is 2.56. The van der Waals surface area contributed by atoms with Crippen LogP contribution in [0, 0.1) is 0 Å². The van der Waals surface area contributed by atoms with E-state index in [1.165, 1.54) is 11.8 Å². The summed E-state index contributed by atoms with van der Waals surface area (Å²) < 4.78 is 40.1. The number of cyclic esters (lactones) is 1. The molecule has 0 N–H and O–H groups in total. The minimum absolute atomic E-state index is 0.114. The van der Waals surface area contributed by atoms with Gasteiger partial charge < -0.3 is 9.47 Å². The smallest absolute Gasteiger partial charge is 0.411 e. The van der Waals surface area contributed by atoms with Gasteiger partial charge in [0.2, 0.25) is 0 Å². The van der Waals surface area contributed by atoms with Gasteiger partial charge in [-0.3, -0.25) is 4.90 Å². The van der Waals surface area contributed by atoms with E-state index in [2.05, 4.69) is 20.7 Å². The van der Waals surface area contributed by atoms with Crippen LogP contribution in [-0.2, 0) is 26.4 Å². The molecular weight excluding hydrogens is 448 g/mol. The third kappa shape index (κ3) is 4.75. The number of halogens is 3. The predicted octanol–water partition coefficient (Wildman–Crippen LogP) is 4.89. The van der Waals surface area contributed by atoms with Gasteiger partial charge in [-0.25, -0.2) is 9.59 Å². The van der Waals surface area contributed by atoms with Gasteiger partial charge in [-0.1, -0.05) is 58.4 Å². The minimum atomic E-state index is -3.81. The summed E-state index contributed by atoms with van der Waals surface area (Å²) in [6, 6.07) is 15.7. The Labute approximate surface area is 175 Å². The first-order chi connectivity index (χ1) is 13.8. The Kier molecular flexibility index (Phi) is 6.21. The van der Waals surface area contributed by atoms with Crippen LogP contribution in [0.4, 0.5) is 13.6 Å². The normalized spacial score (nSPS) is 19.2. The van der Waals surface area contributed by atoms with Gasteiger partial charge in [-0.05, 0) is 30.2 Å². The molecule has 0 radical (unpaired) electrons. The van der Waals surface area contributed by atoms with Gasteiger partial charge in [0, 0.05) is 11.0 Å². The van der Waals surface area contributed by atoms with Crippen LogP contribution in [0.15, 0.2) is 59.1 Å².